The number of hydrogen-bond donors (Lipinski definition) is 1. The molecular formula is C23H30N6O. The van der Waals surface area contributed by atoms with Gasteiger partial charge in [-0.3, -0.25) is 9.48 Å². The summed E-state index contributed by atoms with van der Waals surface area (Å²) in [6.45, 7) is 13.4. The van der Waals surface area contributed by atoms with Crippen molar-refractivity contribution >= 4 is 28.3 Å². The van der Waals surface area contributed by atoms with E-state index in [1.807, 2.05) is 40.0 Å². The fourth-order valence-corrected chi connectivity index (χ4v) is 4.25. The first-order valence-corrected chi connectivity index (χ1v) is 10.6. The summed E-state index contributed by atoms with van der Waals surface area (Å²) >= 11 is 0. The second-order valence-corrected chi connectivity index (χ2v) is 8.09. The van der Waals surface area contributed by atoms with Gasteiger partial charge >= 0.3 is 0 Å². The van der Waals surface area contributed by atoms with E-state index in [1.54, 1.807) is 4.68 Å². The quantitative estimate of drug-likeness (QED) is 0.720. The molecular weight excluding hydrogens is 376 g/mol. The van der Waals surface area contributed by atoms with E-state index in [0.717, 1.165) is 66.4 Å². The van der Waals surface area contributed by atoms with Gasteiger partial charge in [-0.15, -0.1) is 0 Å². The summed E-state index contributed by atoms with van der Waals surface area (Å²) in [7, 11) is 1.85. The minimum atomic E-state index is -0.131. The van der Waals surface area contributed by atoms with Crippen LogP contribution in [0.2, 0.25) is 0 Å². The molecule has 0 atom stereocenters. The van der Waals surface area contributed by atoms with Gasteiger partial charge in [-0.2, -0.15) is 5.10 Å². The van der Waals surface area contributed by atoms with Crippen molar-refractivity contribution in [2.75, 3.05) is 42.9 Å². The molecule has 7 nitrogen and oxygen atoms in total. The predicted octanol–water partition coefficient (Wildman–Crippen LogP) is 3.29. The summed E-state index contributed by atoms with van der Waals surface area (Å²) in [6, 6.07) is 8.12. The molecule has 158 valence electrons. The van der Waals surface area contributed by atoms with Crippen molar-refractivity contribution < 1.29 is 4.79 Å². The van der Waals surface area contributed by atoms with Crippen molar-refractivity contribution in [3.05, 3.63) is 46.8 Å². The molecule has 0 aliphatic carbocycles. The largest absolute Gasteiger partial charge is 0.369 e. The van der Waals surface area contributed by atoms with E-state index in [2.05, 4.69) is 44.3 Å². The van der Waals surface area contributed by atoms with E-state index in [1.165, 1.54) is 5.69 Å². The maximum absolute atomic E-state index is 13.2. The second kappa shape index (κ2) is 8.07. The summed E-state index contributed by atoms with van der Waals surface area (Å²) in [5.41, 5.74) is 6.06. The first kappa shape index (κ1) is 20.3. The number of anilines is 2. The van der Waals surface area contributed by atoms with Gasteiger partial charge in [-0.1, -0.05) is 6.92 Å². The Kier molecular flexibility index (Phi) is 5.47. The maximum Gasteiger partial charge on any atom is 0.256 e. The van der Waals surface area contributed by atoms with E-state index >= 15 is 0 Å². The molecule has 1 fully saturated rings. The standard InChI is InChI=1S/C23H30N6O/c1-6-28-9-11-29(12-10-28)18-7-8-20(15(2)13-18)25-23(30)19-14-16(3)24-22-21(19)17(4)26-27(22)5/h7-8,13-14H,6,9-12H2,1-5H3,(H,25,30). The number of nitrogens with zero attached hydrogens (tertiary/aromatic N) is 5. The van der Waals surface area contributed by atoms with Crippen LogP contribution in [0.5, 0.6) is 0 Å². The normalized spacial score (nSPS) is 15.0. The van der Waals surface area contributed by atoms with Gasteiger partial charge < -0.3 is 15.1 Å². The summed E-state index contributed by atoms with van der Waals surface area (Å²) in [4.78, 5) is 22.6. The Balaban J connectivity index is 1.57. The van der Waals surface area contributed by atoms with E-state index in [4.69, 9.17) is 0 Å². The molecule has 1 aromatic carbocycles. The van der Waals surface area contributed by atoms with Crippen LogP contribution in [0.3, 0.4) is 0 Å². The predicted molar refractivity (Wildman–Crippen MR) is 121 cm³/mol. The van der Waals surface area contributed by atoms with Gasteiger partial charge in [0.15, 0.2) is 5.65 Å². The Hall–Kier alpha value is -2.93. The lowest BCUT2D eigenvalue weighted by Gasteiger charge is -2.35. The minimum Gasteiger partial charge on any atom is -0.369 e. The second-order valence-electron chi connectivity index (χ2n) is 8.09. The summed E-state index contributed by atoms with van der Waals surface area (Å²) in [6.07, 6.45) is 0. The average Bonchev–Trinajstić information content (AvgIpc) is 3.02. The molecule has 2 aromatic heterocycles. The Labute approximate surface area is 177 Å². The van der Waals surface area contributed by atoms with Crippen molar-refractivity contribution in [1.82, 2.24) is 19.7 Å². The highest BCUT2D eigenvalue weighted by molar-refractivity contribution is 6.13. The van der Waals surface area contributed by atoms with Crippen LogP contribution in [-0.2, 0) is 7.05 Å². The SMILES string of the molecule is CCN1CCN(c2ccc(NC(=O)c3cc(C)nc4c3c(C)nn4C)c(C)c2)CC1. The van der Waals surface area contributed by atoms with Gasteiger partial charge in [0.1, 0.15) is 0 Å². The lowest BCUT2D eigenvalue weighted by atomic mass is 10.1. The van der Waals surface area contributed by atoms with Crippen molar-refractivity contribution in [2.45, 2.75) is 27.7 Å². The van der Waals surface area contributed by atoms with Gasteiger partial charge in [0.25, 0.3) is 5.91 Å². The highest BCUT2D eigenvalue weighted by atomic mass is 16.1. The third-order valence-corrected chi connectivity index (χ3v) is 5.98. The van der Waals surface area contributed by atoms with Crippen molar-refractivity contribution in [3.63, 3.8) is 0 Å². The molecule has 1 amide bonds. The van der Waals surface area contributed by atoms with E-state index in [9.17, 15) is 4.79 Å². The number of pyridine rings is 1. The van der Waals surface area contributed by atoms with Crippen molar-refractivity contribution in [1.29, 1.82) is 0 Å². The van der Waals surface area contributed by atoms with E-state index in [-0.39, 0.29) is 5.91 Å². The number of rotatable bonds is 4. The molecule has 0 saturated carbocycles. The van der Waals surface area contributed by atoms with Crippen LogP contribution >= 0.6 is 0 Å². The van der Waals surface area contributed by atoms with E-state index in [0.29, 0.717) is 5.56 Å². The van der Waals surface area contributed by atoms with Crippen LogP contribution in [0.15, 0.2) is 24.3 Å². The monoisotopic (exact) mass is 406 g/mol. The summed E-state index contributed by atoms with van der Waals surface area (Å²) in [5, 5.41) is 8.35. The van der Waals surface area contributed by atoms with Gasteiger partial charge in [0, 0.05) is 50.3 Å². The van der Waals surface area contributed by atoms with Crippen LogP contribution in [0.1, 0.15) is 34.2 Å². The molecule has 3 aromatic rings. The molecule has 0 unspecified atom stereocenters. The molecule has 7 heteroatoms. The lowest BCUT2D eigenvalue weighted by Crippen LogP contribution is -2.46. The molecule has 1 aliphatic heterocycles. The molecule has 0 radical (unpaired) electrons. The zero-order valence-electron chi connectivity index (χ0n) is 18.5. The number of likely N-dealkylation sites (N-methyl/N-ethyl adjacent to an activating group) is 1. The first-order chi connectivity index (χ1) is 14.4. The molecule has 3 heterocycles. The molecule has 0 bridgehead atoms. The van der Waals surface area contributed by atoms with Gasteiger partial charge in [-0.05, 0) is 57.1 Å². The zero-order valence-corrected chi connectivity index (χ0v) is 18.5. The topological polar surface area (TPSA) is 66.3 Å². The Morgan fingerprint density at radius 1 is 1.10 bits per heavy atom. The molecule has 0 spiro atoms. The van der Waals surface area contributed by atoms with Gasteiger partial charge in [-0.25, -0.2) is 4.98 Å². The Bertz CT molecular complexity index is 1090. The highest BCUT2D eigenvalue weighted by Crippen LogP contribution is 2.26. The fraction of sp³-hybridized carbons (Fsp3) is 0.435. The number of amides is 1. The number of benzene rings is 1. The minimum absolute atomic E-state index is 0.131. The van der Waals surface area contributed by atoms with Crippen LogP contribution in [0.4, 0.5) is 11.4 Å². The first-order valence-electron chi connectivity index (χ1n) is 10.6. The molecule has 1 saturated heterocycles. The third-order valence-electron chi connectivity index (χ3n) is 5.98. The lowest BCUT2D eigenvalue weighted by molar-refractivity contribution is 0.102. The number of aromatic nitrogens is 3. The molecule has 4 rings (SSSR count). The summed E-state index contributed by atoms with van der Waals surface area (Å²) in [5.74, 6) is -0.131. The number of carbonyl (C=O) groups is 1. The number of nitrogens with one attached hydrogen (secondary N) is 1. The fourth-order valence-electron chi connectivity index (χ4n) is 4.25. The number of piperazine rings is 1. The Morgan fingerprint density at radius 2 is 1.83 bits per heavy atom. The van der Waals surface area contributed by atoms with Crippen molar-refractivity contribution in [3.8, 4) is 0 Å². The third kappa shape index (κ3) is 3.77. The molecule has 30 heavy (non-hydrogen) atoms. The summed E-state index contributed by atoms with van der Waals surface area (Å²) < 4.78 is 1.73. The van der Waals surface area contributed by atoms with Gasteiger partial charge in [0.05, 0.1) is 16.6 Å². The van der Waals surface area contributed by atoms with Crippen LogP contribution in [-0.4, -0.2) is 58.3 Å². The smallest absolute Gasteiger partial charge is 0.256 e. The van der Waals surface area contributed by atoms with E-state index < -0.39 is 0 Å². The maximum atomic E-state index is 13.2. The number of carbonyl (C=O) groups excluding carboxylic acids is 1. The Morgan fingerprint density at radius 3 is 2.50 bits per heavy atom. The van der Waals surface area contributed by atoms with Crippen LogP contribution < -0.4 is 10.2 Å². The number of aryl methyl sites for hydroxylation is 4. The molecule has 1 aliphatic rings. The van der Waals surface area contributed by atoms with Crippen LogP contribution in [0, 0.1) is 20.8 Å². The van der Waals surface area contributed by atoms with Gasteiger partial charge in [0.2, 0.25) is 0 Å². The number of fused-ring (bicyclic) bond motifs is 1. The van der Waals surface area contributed by atoms with Crippen molar-refractivity contribution in [2.24, 2.45) is 7.05 Å². The number of hydrogen-bond acceptors (Lipinski definition) is 5. The highest BCUT2D eigenvalue weighted by Gasteiger charge is 2.20. The zero-order chi connectivity index (χ0) is 21.4. The van der Waals surface area contributed by atoms with Crippen LogP contribution in [0.25, 0.3) is 11.0 Å². The molecule has 1 N–H and O–H groups in total. The average molecular weight is 407 g/mol.